The molecule has 0 atom stereocenters. The molecule has 0 saturated carbocycles. The third-order valence-corrected chi connectivity index (χ3v) is 4.17. The third kappa shape index (κ3) is 3.43. The number of anilines is 3. The first kappa shape index (κ1) is 15.3. The molecule has 1 aliphatic rings. The molecule has 0 bridgehead atoms. The maximum Gasteiger partial charge on any atom is 0.227 e. The van der Waals surface area contributed by atoms with E-state index in [2.05, 4.69) is 20.2 Å². The van der Waals surface area contributed by atoms with Crippen LogP contribution in [-0.2, 0) is 4.74 Å². The van der Waals surface area contributed by atoms with Crippen molar-refractivity contribution in [2.75, 3.05) is 36.5 Å². The van der Waals surface area contributed by atoms with E-state index in [0.717, 1.165) is 24.5 Å². The first-order chi connectivity index (χ1) is 10.6. The molecule has 1 aromatic carbocycles. The quantitative estimate of drug-likeness (QED) is 0.925. The van der Waals surface area contributed by atoms with Crippen LogP contribution in [0.25, 0.3) is 0 Å². The highest BCUT2D eigenvalue weighted by Gasteiger charge is 2.15. The molecule has 0 amide bonds. The largest absolute Gasteiger partial charge is 0.378 e. The van der Waals surface area contributed by atoms with Crippen LogP contribution < -0.4 is 10.2 Å². The fourth-order valence-corrected chi connectivity index (χ4v) is 2.61. The summed E-state index contributed by atoms with van der Waals surface area (Å²) in [5, 5.41) is 4.19. The van der Waals surface area contributed by atoms with Gasteiger partial charge >= 0.3 is 0 Å². The zero-order chi connectivity index (χ0) is 15.5. The Morgan fingerprint density at radius 1 is 1.18 bits per heavy atom. The average Bonchev–Trinajstić information content (AvgIpc) is 2.52. The van der Waals surface area contributed by atoms with E-state index >= 15 is 0 Å². The first-order valence-electron chi connectivity index (χ1n) is 7.03. The first-order valence-corrected chi connectivity index (χ1v) is 7.78. The summed E-state index contributed by atoms with van der Waals surface area (Å²) in [7, 11) is 0. The van der Waals surface area contributed by atoms with Gasteiger partial charge in [0.05, 0.1) is 28.9 Å². The van der Waals surface area contributed by atoms with E-state index in [1.54, 1.807) is 6.07 Å². The molecule has 22 heavy (non-hydrogen) atoms. The average molecular weight is 339 g/mol. The van der Waals surface area contributed by atoms with Crippen molar-refractivity contribution in [3.05, 3.63) is 40.0 Å². The molecule has 1 saturated heterocycles. The number of nitrogens with one attached hydrogen (secondary N) is 1. The van der Waals surface area contributed by atoms with Crippen molar-refractivity contribution in [1.82, 2.24) is 9.97 Å². The number of aryl methyl sites for hydroxylation is 1. The van der Waals surface area contributed by atoms with Gasteiger partial charge in [0, 0.05) is 24.8 Å². The maximum atomic E-state index is 6.21. The predicted molar refractivity (Wildman–Crippen MR) is 89.5 cm³/mol. The zero-order valence-corrected chi connectivity index (χ0v) is 13.7. The topological polar surface area (TPSA) is 50.3 Å². The number of aromatic nitrogens is 2. The highest BCUT2D eigenvalue weighted by molar-refractivity contribution is 6.43. The number of morpholine rings is 1. The van der Waals surface area contributed by atoms with E-state index in [1.165, 1.54) is 0 Å². The van der Waals surface area contributed by atoms with E-state index in [0.29, 0.717) is 35.0 Å². The van der Waals surface area contributed by atoms with Gasteiger partial charge in [0.25, 0.3) is 0 Å². The molecule has 2 heterocycles. The SMILES string of the molecule is Cc1cc(Nc2cccc(Cl)c2Cl)nc(N2CCOCC2)n1. The molecule has 1 aliphatic heterocycles. The van der Waals surface area contributed by atoms with Gasteiger partial charge in [-0.25, -0.2) is 4.98 Å². The normalized spacial score (nSPS) is 15.0. The summed E-state index contributed by atoms with van der Waals surface area (Å²) in [6, 6.07) is 7.33. The molecule has 0 spiro atoms. The Morgan fingerprint density at radius 2 is 1.95 bits per heavy atom. The van der Waals surface area contributed by atoms with Crippen molar-refractivity contribution in [2.24, 2.45) is 0 Å². The molecule has 1 aromatic heterocycles. The molecule has 0 aliphatic carbocycles. The molecular weight excluding hydrogens is 323 g/mol. The molecular formula is C15H16Cl2N4O. The fraction of sp³-hybridized carbons (Fsp3) is 0.333. The summed E-state index contributed by atoms with van der Waals surface area (Å²) < 4.78 is 5.36. The van der Waals surface area contributed by atoms with Crippen molar-refractivity contribution in [3.63, 3.8) is 0 Å². The maximum absolute atomic E-state index is 6.21. The van der Waals surface area contributed by atoms with Crippen molar-refractivity contribution in [3.8, 4) is 0 Å². The minimum Gasteiger partial charge on any atom is -0.378 e. The molecule has 0 radical (unpaired) electrons. The Bertz CT molecular complexity index is 675. The minimum absolute atomic E-state index is 0.480. The second-order valence-electron chi connectivity index (χ2n) is 5.02. The van der Waals surface area contributed by atoms with Gasteiger partial charge in [-0.3, -0.25) is 0 Å². The Morgan fingerprint density at radius 3 is 2.73 bits per heavy atom. The summed E-state index contributed by atoms with van der Waals surface area (Å²) in [5.41, 5.74) is 1.61. The summed E-state index contributed by atoms with van der Waals surface area (Å²) in [5.74, 6) is 1.39. The van der Waals surface area contributed by atoms with E-state index < -0.39 is 0 Å². The number of hydrogen-bond donors (Lipinski definition) is 1. The molecule has 3 rings (SSSR count). The van der Waals surface area contributed by atoms with Crippen LogP contribution in [0.5, 0.6) is 0 Å². The molecule has 116 valence electrons. The Hall–Kier alpha value is -1.56. The number of halogens is 2. The van der Waals surface area contributed by atoms with Crippen LogP contribution in [0.4, 0.5) is 17.5 Å². The lowest BCUT2D eigenvalue weighted by Gasteiger charge is -2.27. The second-order valence-corrected chi connectivity index (χ2v) is 5.81. The summed E-state index contributed by atoms with van der Waals surface area (Å²) >= 11 is 12.2. The molecule has 5 nitrogen and oxygen atoms in total. The van der Waals surface area contributed by atoms with Crippen molar-refractivity contribution >= 4 is 40.7 Å². The van der Waals surface area contributed by atoms with E-state index in [9.17, 15) is 0 Å². The van der Waals surface area contributed by atoms with Crippen molar-refractivity contribution in [2.45, 2.75) is 6.92 Å². The van der Waals surface area contributed by atoms with Gasteiger partial charge in [0.1, 0.15) is 5.82 Å². The molecule has 0 unspecified atom stereocenters. The van der Waals surface area contributed by atoms with Crippen molar-refractivity contribution < 1.29 is 4.74 Å². The highest BCUT2D eigenvalue weighted by atomic mass is 35.5. The summed E-state index contributed by atoms with van der Waals surface area (Å²) in [6.45, 7) is 4.92. The lowest BCUT2D eigenvalue weighted by atomic mass is 10.3. The van der Waals surface area contributed by atoms with Gasteiger partial charge in [0.2, 0.25) is 5.95 Å². The number of hydrogen-bond acceptors (Lipinski definition) is 5. The number of nitrogens with zero attached hydrogens (tertiary/aromatic N) is 3. The standard InChI is InChI=1S/C15H16Cl2N4O/c1-10-9-13(19-12-4-2-3-11(16)14(12)17)20-15(18-10)21-5-7-22-8-6-21/h2-4,9H,5-8H2,1H3,(H,18,19,20). The molecule has 1 N–H and O–H groups in total. The van der Waals surface area contributed by atoms with Crippen LogP contribution in [0.15, 0.2) is 24.3 Å². The second kappa shape index (κ2) is 6.69. The molecule has 7 heteroatoms. The van der Waals surface area contributed by atoms with E-state index in [1.807, 2.05) is 25.1 Å². The number of ether oxygens (including phenoxy) is 1. The fourth-order valence-electron chi connectivity index (χ4n) is 2.26. The lowest BCUT2D eigenvalue weighted by Crippen LogP contribution is -2.37. The van der Waals surface area contributed by atoms with Crippen LogP contribution in [0.3, 0.4) is 0 Å². The Balaban J connectivity index is 1.87. The monoisotopic (exact) mass is 338 g/mol. The van der Waals surface area contributed by atoms with E-state index in [-0.39, 0.29) is 0 Å². The number of benzene rings is 1. The molecule has 2 aromatic rings. The van der Waals surface area contributed by atoms with E-state index in [4.69, 9.17) is 27.9 Å². The van der Waals surface area contributed by atoms with Gasteiger partial charge in [-0.1, -0.05) is 29.3 Å². The summed E-state index contributed by atoms with van der Waals surface area (Å²) in [4.78, 5) is 11.2. The van der Waals surface area contributed by atoms with Crippen LogP contribution in [-0.4, -0.2) is 36.3 Å². The van der Waals surface area contributed by atoms with Gasteiger partial charge in [-0.05, 0) is 19.1 Å². The summed E-state index contributed by atoms with van der Waals surface area (Å²) in [6.07, 6.45) is 0. The Labute approximate surface area is 139 Å². The van der Waals surface area contributed by atoms with Crippen LogP contribution in [0, 0.1) is 6.92 Å². The highest BCUT2D eigenvalue weighted by Crippen LogP contribution is 2.31. The van der Waals surface area contributed by atoms with Crippen molar-refractivity contribution in [1.29, 1.82) is 0 Å². The number of rotatable bonds is 3. The van der Waals surface area contributed by atoms with Gasteiger partial charge in [0.15, 0.2) is 0 Å². The van der Waals surface area contributed by atoms with Gasteiger partial charge < -0.3 is 15.0 Å². The lowest BCUT2D eigenvalue weighted by molar-refractivity contribution is 0.122. The smallest absolute Gasteiger partial charge is 0.227 e. The third-order valence-electron chi connectivity index (χ3n) is 3.35. The van der Waals surface area contributed by atoms with Gasteiger partial charge in [-0.15, -0.1) is 0 Å². The minimum atomic E-state index is 0.480. The van der Waals surface area contributed by atoms with Crippen LogP contribution in [0.2, 0.25) is 10.0 Å². The zero-order valence-electron chi connectivity index (χ0n) is 12.1. The predicted octanol–water partition coefficient (Wildman–Crippen LogP) is 3.67. The van der Waals surface area contributed by atoms with Crippen LogP contribution >= 0.6 is 23.2 Å². The molecule has 1 fully saturated rings. The van der Waals surface area contributed by atoms with Crippen LogP contribution in [0.1, 0.15) is 5.69 Å². The van der Waals surface area contributed by atoms with Gasteiger partial charge in [-0.2, -0.15) is 4.98 Å². The Kier molecular flexibility index (Phi) is 4.66.